The van der Waals surface area contributed by atoms with Gasteiger partial charge in [0, 0.05) is 18.1 Å². The molecule has 8 heteroatoms. The molecule has 0 fully saturated rings. The van der Waals surface area contributed by atoms with Crippen LogP contribution in [0.2, 0.25) is 0 Å². The van der Waals surface area contributed by atoms with Crippen molar-refractivity contribution < 1.29 is 23.5 Å². The minimum atomic E-state index is -0.314. The van der Waals surface area contributed by atoms with E-state index in [2.05, 4.69) is 10.1 Å². The van der Waals surface area contributed by atoms with Crippen LogP contribution in [0.3, 0.4) is 0 Å². The van der Waals surface area contributed by atoms with Gasteiger partial charge in [0.05, 0.1) is 24.9 Å². The first-order valence-corrected chi connectivity index (χ1v) is 10.4. The van der Waals surface area contributed by atoms with Crippen LogP contribution in [0.25, 0.3) is 27.9 Å². The monoisotopic (exact) mass is 445 g/mol. The number of benzene rings is 2. The second-order valence-corrected chi connectivity index (χ2v) is 7.32. The van der Waals surface area contributed by atoms with Crippen molar-refractivity contribution in [3.05, 3.63) is 90.4 Å². The lowest BCUT2D eigenvalue weighted by Gasteiger charge is -2.13. The minimum Gasteiger partial charge on any atom is -0.493 e. The molecule has 2 aromatic carbocycles. The normalized spacial score (nSPS) is 11.8. The van der Waals surface area contributed by atoms with Gasteiger partial charge in [-0.05, 0) is 54.6 Å². The van der Waals surface area contributed by atoms with Crippen LogP contribution < -0.4 is 14.8 Å². The highest BCUT2D eigenvalue weighted by Gasteiger charge is 2.18. The molecule has 0 aliphatic carbocycles. The molecule has 0 radical (unpaired) electrons. The van der Waals surface area contributed by atoms with Gasteiger partial charge in [-0.2, -0.15) is 0 Å². The van der Waals surface area contributed by atoms with Crippen molar-refractivity contribution >= 4 is 16.5 Å². The molecule has 0 bridgehead atoms. The number of hydrogen-bond donors (Lipinski definition) is 1. The maximum atomic E-state index is 13.0. The van der Waals surface area contributed by atoms with Crippen LogP contribution in [0.15, 0.2) is 88.8 Å². The number of para-hydroxylation sites is 1. The van der Waals surface area contributed by atoms with Crippen molar-refractivity contribution in [1.82, 2.24) is 9.38 Å². The van der Waals surface area contributed by atoms with E-state index in [1.165, 1.54) is 12.1 Å². The number of halogens is 1. The Morgan fingerprint density at radius 3 is 2.67 bits per heavy atom. The molecule has 33 heavy (non-hydrogen) atoms. The molecule has 0 spiro atoms. The van der Waals surface area contributed by atoms with Gasteiger partial charge in [0.1, 0.15) is 22.8 Å². The maximum absolute atomic E-state index is 13.0. The van der Waals surface area contributed by atoms with Gasteiger partial charge in [-0.1, -0.05) is 17.3 Å². The first-order valence-electron chi connectivity index (χ1n) is 10.4. The summed E-state index contributed by atoms with van der Waals surface area (Å²) >= 11 is 0. The lowest BCUT2D eigenvalue weighted by molar-refractivity contribution is 0.239. The molecule has 166 valence electrons. The molecule has 5 rings (SSSR count). The Morgan fingerprint density at radius 2 is 1.82 bits per heavy atom. The van der Waals surface area contributed by atoms with Gasteiger partial charge < -0.3 is 23.5 Å². The predicted molar refractivity (Wildman–Crippen MR) is 120 cm³/mol. The molecule has 0 aliphatic rings. The van der Waals surface area contributed by atoms with Crippen molar-refractivity contribution in [2.24, 2.45) is 5.16 Å². The van der Waals surface area contributed by atoms with E-state index in [4.69, 9.17) is 13.9 Å². The van der Waals surface area contributed by atoms with Gasteiger partial charge in [0.25, 0.3) is 0 Å². The van der Waals surface area contributed by atoms with E-state index in [0.717, 1.165) is 5.52 Å². The van der Waals surface area contributed by atoms with Gasteiger partial charge in [0.2, 0.25) is 0 Å². The summed E-state index contributed by atoms with van der Waals surface area (Å²) in [6.07, 6.45) is 4.13. The van der Waals surface area contributed by atoms with E-state index in [1.807, 2.05) is 40.9 Å². The summed E-state index contributed by atoms with van der Waals surface area (Å²) < 4.78 is 32.7. The number of nitrogens with zero attached hydrogens (tertiary/aromatic N) is 3. The fourth-order valence-electron chi connectivity index (χ4n) is 3.55. The molecule has 0 saturated carbocycles. The first kappa shape index (κ1) is 20.6. The summed E-state index contributed by atoms with van der Waals surface area (Å²) in [6, 6.07) is 18.9. The molecule has 3 aromatic heterocycles. The number of hydrogen-bond acceptors (Lipinski definition) is 6. The van der Waals surface area contributed by atoms with Crippen LogP contribution in [-0.4, -0.2) is 27.8 Å². The molecule has 0 atom stereocenters. The van der Waals surface area contributed by atoms with Crippen molar-refractivity contribution in [2.45, 2.75) is 6.42 Å². The molecule has 1 N–H and O–H groups in total. The molecular weight excluding hydrogens is 425 g/mol. The van der Waals surface area contributed by atoms with Crippen molar-refractivity contribution in [2.75, 3.05) is 13.2 Å². The Balaban J connectivity index is 1.44. The molecular formula is C25H20FN3O4. The Hall–Kier alpha value is -4.33. The fourth-order valence-corrected chi connectivity index (χ4v) is 3.55. The van der Waals surface area contributed by atoms with E-state index < -0.39 is 0 Å². The average Bonchev–Trinajstić information content (AvgIpc) is 3.32. The summed E-state index contributed by atoms with van der Waals surface area (Å²) in [7, 11) is 0. The highest BCUT2D eigenvalue weighted by Crippen LogP contribution is 2.30. The maximum Gasteiger partial charge on any atom is 0.197 e. The smallest absolute Gasteiger partial charge is 0.197 e. The topological polar surface area (TPSA) is 81.5 Å². The van der Waals surface area contributed by atoms with Gasteiger partial charge in [-0.3, -0.25) is 0 Å². The van der Waals surface area contributed by atoms with E-state index in [0.29, 0.717) is 47.0 Å². The van der Waals surface area contributed by atoms with Gasteiger partial charge in [-0.25, -0.2) is 9.37 Å². The molecule has 0 unspecified atom stereocenters. The van der Waals surface area contributed by atoms with Crippen molar-refractivity contribution in [3.8, 4) is 23.0 Å². The highest BCUT2D eigenvalue weighted by atomic mass is 19.1. The lowest BCUT2D eigenvalue weighted by atomic mass is 10.1. The van der Waals surface area contributed by atoms with Gasteiger partial charge in [0.15, 0.2) is 16.9 Å². The molecule has 0 amide bonds. The van der Waals surface area contributed by atoms with E-state index in [1.54, 1.807) is 30.6 Å². The Labute approximate surface area is 188 Å². The number of aromatic nitrogens is 2. The van der Waals surface area contributed by atoms with E-state index in [9.17, 15) is 9.60 Å². The quantitative estimate of drug-likeness (QED) is 0.216. The zero-order valence-electron chi connectivity index (χ0n) is 17.5. The van der Waals surface area contributed by atoms with Crippen molar-refractivity contribution in [1.29, 1.82) is 0 Å². The van der Waals surface area contributed by atoms with Crippen molar-refractivity contribution in [3.63, 3.8) is 0 Å². The molecule has 0 saturated heterocycles. The second-order valence-electron chi connectivity index (χ2n) is 7.32. The van der Waals surface area contributed by atoms with E-state index >= 15 is 0 Å². The summed E-state index contributed by atoms with van der Waals surface area (Å²) in [5, 5.41) is 14.2. The molecule has 7 nitrogen and oxygen atoms in total. The summed E-state index contributed by atoms with van der Waals surface area (Å²) in [5.41, 5.74) is 2.03. The summed E-state index contributed by atoms with van der Waals surface area (Å²) in [6.45, 7) is 0.642. The third kappa shape index (κ3) is 4.23. The SMILES string of the molecule is ON=c1c(OCCCOc2ccc(F)cc2)c(-c2cc3cccn3cn2)oc2ccccc12. The van der Waals surface area contributed by atoms with Crippen LogP contribution in [0.5, 0.6) is 11.5 Å². The third-order valence-electron chi connectivity index (χ3n) is 5.14. The fraction of sp³-hybridized carbons (Fsp3) is 0.120. The van der Waals surface area contributed by atoms with Crippen LogP contribution in [0, 0.1) is 5.82 Å². The zero-order chi connectivity index (χ0) is 22.6. The zero-order valence-corrected chi connectivity index (χ0v) is 17.5. The van der Waals surface area contributed by atoms with Crippen LogP contribution in [0.4, 0.5) is 4.39 Å². The molecule has 3 heterocycles. The van der Waals surface area contributed by atoms with Crippen LogP contribution in [-0.2, 0) is 0 Å². The Bertz CT molecular complexity index is 1480. The standard InChI is InChI=1S/C25H20FN3O4/c26-17-8-10-19(11-9-17)31-13-4-14-32-25-23(28-30)20-6-1-2-7-22(20)33-24(25)21-15-18-5-3-12-29(18)16-27-21/h1-3,5-12,15-16,30H,4,13-14H2. The third-order valence-corrected chi connectivity index (χ3v) is 5.14. The highest BCUT2D eigenvalue weighted by molar-refractivity contribution is 5.81. The number of ether oxygens (including phenoxy) is 2. The first-order chi connectivity index (χ1) is 16.2. The van der Waals surface area contributed by atoms with E-state index in [-0.39, 0.29) is 17.8 Å². The summed E-state index contributed by atoms with van der Waals surface area (Å²) in [4.78, 5) is 4.49. The lowest BCUT2D eigenvalue weighted by Crippen LogP contribution is -2.14. The van der Waals surface area contributed by atoms with Crippen LogP contribution >= 0.6 is 0 Å². The Morgan fingerprint density at radius 1 is 1.00 bits per heavy atom. The number of rotatable bonds is 7. The predicted octanol–water partition coefficient (Wildman–Crippen LogP) is 5.02. The second kappa shape index (κ2) is 9.04. The Kier molecular flexibility index (Phi) is 5.63. The average molecular weight is 445 g/mol. The minimum absolute atomic E-state index is 0.267. The molecule has 5 aromatic rings. The summed E-state index contributed by atoms with van der Waals surface area (Å²) in [5.74, 6) is 0.921. The largest absolute Gasteiger partial charge is 0.493 e. The number of fused-ring (bicyclic) bond motifs is 2. The van der Waals surface area contributed by atoms with Gasteiger partial charge >= 0.3 is 0 Å². The molecule has 0 aliphatic heterocycles. The van der Waals surface area contributed by atoms with Gasteiger partial charge in [-0.15, -0.1) is 0 Å². The van der Waals surface area contributed by atoms with Crippen LogP contribution in [0.1, 0.15) is 6.42 Å².